The van der Waals surface area contributed by atoms with Crippen LogP contribution in [-0.2, 0) is 21.5 Å². The van der Waals surface area contributed by atoms with E-state index in [1.807, 2.05) is 24.3 Å². The Hall–Kier alpha value is -2.94. The highest BCUT2D eigenvalue weighted by atomic mass is 19.1. The molecule has 2 aliphatic heterocycles. The number of aliphatic hydroxyl groups excluding tert-OH is 1. The molecule has 0 unspecified atom stereocenters. The predicted molar refractivity (Wildman–Crippen MR) is 122 cm³/mol. The molecule has 2 aromatic carbocycles. The van der Waals surface area contributed by atoms with Gasteiger partial charge in [0, 0.05) is 66.9 Å². The van der Waals surface area contributed by atoms with Crippen LogP contribution in [0.2, 0.25) is 0 Å². The monoisotopic (exact) mass is 453 g/mol. The van der Waals surface area contributed by atoms with Crippen LogP contribution < -0.4 is 4.74 Å². The highest BCUT2D eigenvalue weighted by Crippen LogP contribution is 2.49. The fraction of sp³-hybridized carbons (Fsp3) is 0.400. The number of H-pyrrole nitrogens is 1. The van der Waals surface area contributed by atoms with Gasteiger partial charge < -0.3 is 24.5 Å². The summed E-state index contributed by atoms with van der Waals surface area (Å²) in [5.41, 5.74) is 3.24. The second kappa shape index (κ2) is 8.44. The van der Waals surface area contributed by atoms with E-state index in [9.17, 15) is 14.3 Å². The van der Waals surface area contributed by atoms with E-state index in [2.05, 4.69) is 9.88 Å². The smallest absolute Gasteiger partial charge is 0.248 e. The first kappa shape index (κ1) is 21.9. The van der Waals surface area contributed by atoms with E-state index in [0.717, 1.165) is 27.9 Å². The van der Waals surface area contributed by atoms with Crippen LogP contribution in [0.15, 0.2) is 42.5 Å². The van der Waals surface area contributed by atoms with Crippen LogP contribution in [0.4, 0.5) is 4.39 Å². The molecule has 0 saturated carbocycles. The van der Waals surface area contributed by atoms with Gasteiger partial charge in [-0.05, 0) is 23.8 Å². The third kappa shape index (κ3) is 3.58. The lowest BCUT2D eigenvalue weighted by atomic mass is 9.68. The molecule has 1 amide bonds. The molecule has 3 heterocycles. The minimum Gasteiger partial charge on any atom is -0.497 e. The maximum Gasteiger partial charge on any atom is 0.248 e. The molecule has 1 aromatic heterocycles. The Bertz CT molecular complexity index is 1190. The number of methoxy groups -OCH3 is 2. The molecular formula is C25H28FN3O4. The summed E-state index contributed by atoms with van der Waals surface area (Å²) in [6.07, 6.45) is 0. The van der Waals surface area contributed by atoms with Crippen LogP contribution in [-0.4, -0.2) is 72.9 Å². The molecule has 174 valence electrons. The van der Waals surface area contributed by atoms with Crippen molar-refractivity contribution in [3.05, 3.63) is 65.1 Å². The molecule has 2 N–H and O–H groups in total. The number of carbonyl (C=O) groups excluding carboxylic acids is 1. The number of halogens is 1. The number of nitrogens with zero attached hydrogens (tertiary/aromatic N) is 2. The number of amides is 1. The average Bonchev–Trinajstić information content (AvgIpc) is 3.17. The third-order valence-electron chi connectivity index (χ3n) is 6.96. The van der Waals surface area contributed by atoms with Gasteiger partial charge in [-0.3, -0.25) is 9.69 Å². The second-order valence-corrected chi connectivity index (χ2v) is 8.98. The zero-order valence-corrected chi connectivity index (χ0v) is 18.8. The maximum atomic E-state index is 14.5. The van der Waals surface area contributed by atoms with E-state index in [1.165, 1.54) is 13.2 Å². The first-order valence-corrected chi connectivity index (χ1v) is 11.0. The highest BCUT2D eigenvalue weighted by Gasteiger charge is 2.53. The molecule has 5 rings (SSSR count). The number of carbonyl (C=O) groups is 1. The summed E-state index contributed by atoms with van der Waals surface area (Å²) in [6, 6.07) is 12.3. The Morgan fingerprint density at radius 2 is 2.00 bits per heavy atom. The van der Waals surface area contributed by atoms with Crippen molar-refractivity contribution in [2.24, 2.45) is 0 Å². The van der Waals surface area contributed by atoms with Gasteiger partial charge in [0.05, 0.1) is 19.8 Å². The largest absolute Gasteiger partial charge is 0.497 e. The Balaban J connectivity index is 1.58. The predicted octanol–water partition coefficient (Wildman–Crippen LogP) is 2.59. The van der Waals surface area contributed by atoms with E-state index >= 15 is 0 Å². The number of hydrogen-bond donors (Lipinski definition) is 2. The fourth-order valence-electron chi connectivity index (χ4n) is 5.46. The number of likely N-dealkylation sites (tertiary alicyclic amines) is 1. The SMILES string of the molecule is COCC(=O)N1CC2(C1)CN(Cc1ccccc1F)[C@H](CO)c1[nH]c3cc(OC)ccc3c12. The Morgan fingerprint density at radius 3 is 2.70 bits per heavy atom. The Morgan fingerprint density at radius 1 is 1.21 bits per heavy atom. The number of aromatic nitrogens is 1. The van der Waals surface area contributed by atoms with Crippen LogP contribution in [0.25, 0.3) is 10.9 Å². The summed E-state index contributed by atoms with van der Waals surface area (Å²) in [7, 11) is 3.14. The minimum atomic E-state index is -0.317. The van der Waals surface area contributed by atoms with Crippen molar-refractivity contribution in [2.75, 3.05) is 47.1 Å². The maximum absolute atomic E-state index is 14.5. The Labute approximate surface area is 191 Å². The van der Waals surface area contributed by atoms with Gasteiger partial charge >= 0.3 is 0 Å². The van der Waals surface area contributed by atoms with Crippen molar-refractivity contribution in [1.82, 2.24) is 14.8 Å². The van der Waals surface area contributed by atoms with E-state index < -0.39 is 0 Å². The molecule has 1 spiro atoms. The van der Waals surface area contributed by atoms with Gasteiger partial charge in [0.25, 0.3) is 0 Å². The number of fused-ring (bicyclic) bond motifs is 4. The summed E-state index contributed by atoms with van der Waals surface area (Å²) in [6.45, 7) is 2.01. The quantitative estimate of drug-likeness (QED) is 0.600. The number of aromatic amines is 1. The molecule has 7 nitrogen and oxygen atoms in total. The molecule has 8 heteroatoms. The van der Waals surface area contributed by atoms with Crippen molar-refractivity contribution in [3.8, 4) is 5.75 Å². The lowest BCUT2D eigenvalue weighted by Crippen LogP contribution is -2.67. The van der Waals surface area contributed by atoms with Crippen LogP contribution in [0.1, 0.15) is 22.9 Å². The van der Waals surface area contributed by atoms with Crippen molar-refractivity contribution in [1.29, 1.82) is 0 Å². The van der Waals surface area contributed by atoms with Gasteiger partial charge in [-0.1, -0.05) is 18.2 Å². The molecule has 0 aliphatic carbocycles. The van der Waals surface area contributed by atoms with Crippen LogP contribution >= 0.6 is 0 Å². The number of ether oxygens (including phenoxy) is 2. The Kier molecular flexibility index (Phi) is 5.60. The molecule has 33 heavy (non-hydrogen) atoms. The summed E-state index contributed by atoms with van der Waals surface area (Å²) in [5.74, 6) is 0.432. The van der Waals surface area contributed by atoms with Gasteiger partial charge in [-0.2, -0.15) is 0 Å². The molecule has 3 aromatic rings. The molecular weight excluding hydrogens is 425 g/mol. The second-order valence-electron chi connectivity index (χ2n) is 8.98. The molecule has 1 saturated heterocycles. The number of aliphatic hydroxyl groups is 1. The minimum absolute atomic E-state index is 0.0453. The topological polar surface area (TPSA) is 78.0 Å². The van der Waals surface area contributed by atoms with E-state index in [1.54, 1.807) is 24.1 Å². The van der Waals surface area contributed by atoms with Crippen LogP contribution in [0.5, 0.6) is 5.75 Å². The normalized spacial score (nSPS) is 19.5. The van der Waals surface area contributed by atoms with Crippen molar-refractivity contribution in [2.45, 2.75) is 18.0 Å². The third-order valence-corrected chi connectivity index (χ3v) is 6.96. The molecule has 0 radical (unpaired) electrons. The average molecular weight is 454 g/mol. The van der Waals surface area contributed by atoms with Gasteiger partial charge in [0.15, 0.2) is 0 Å². The molecule has 1 atom stereocenters. The fourth-order valence-corrected chi connectivity index (χ4v) is 5.46. The number of hydrogen-bond acceptors (Lipinski definition) is 5. The number of rotatable bonds is 6. The highest BCUT2D eigenvalue weighted by molar-refractivity contribution is 5.89. The van der Waals surface area contributed by atoms with Crippen molar-refractivity contribution in [3.63, 3.8) is 0 Å². The van der Waals surface area contributed by atoms with E-state index in [0.29, 0.717) is 31.7 Å². The first-order valence-electron chi connectivity index (χ1n) is 11.0. The van der Waals surface area contributed by atoms with E-state index in [4.69, 9.17) is 9.47 Å². The van der Waals surface area contributed by atoms with Crippen LogP contribution in [0, 0.1) is 5.82 Å². The number of nitrogens with one attached hydrogen (secondary N) is 1. The standard InChI is InChI=1S/C25H28FN3O4/c1-32-12-22(31)29-14-25(15-29)13-28(10-16-5-3-4-6-19(16)26)21(11-30)24-23(25)18-8-7-17(33-2)9-20(18)27-24/h3-9,21,27,30H,10-15H2,1-2H3/t21-/m1/s1. The molecule has 1 fully saturated rings. The lowest BCUT2D eigenvalue weighted by Gasteiger charge is -2.56. The van der Waals surface area contributed by atoms with Gasteiger partial charge in [0.2, 0.25) is 5.91 Å². The van der Waals surface area contributed by atoms with Crippen molar-refractivity contribution < 1.29 is 23.8 Å². The van der Waals surface area contributed by atoms with E-state index in [-0.39, 0.29) is 36.4 Å². The zero-order valence-electron chi connectivity index (χ0n) is 18.8. The van der Waals surface area contributed by atoms with Gasteiger partial charge in [0.1, 0.15) is 18.2 Å². The summed E-state index contributed by atoms with van der Waals surface area (Å²) in [5, 5.41) is 11.5. The summed E-state index contributed by atoms with van der Waals surface area (Å²) in [4.78, 5) is 19.9. The summed E-state index contributed by atoms with van der Waals surface area (Å²) >= 11 is 0. The molecule has 2 aliphatic rings. The van der Waals surface area contributed by atoms with Gasteiger partial charge in [-0.25, -0.2) is 4.39 Å². The zero-order chi connectivity index (χ0) is 23.2. The lowest BCUT2D eigenvalue weighted by molar-refractivity contribution is -0.144. The van der Waals surface area contributed by atoms with Crippen LogP contribution in [0.3, 0.4) is 0 Å². The summed E-state index contributed by atoms with van der Waals surface area (Å²) < 4.78 is 24.9. The number of benzene rings is 2. The van der Waals surface area contributed by atoms with Crippen molar-refractivity contribution >= 4 is 16.8 Å². The first-order chi connectivity index (χ1) is 16.0. The van der Waals surface area contributed by atoms with Gasteiger partial charge in [-0.15, -0.1) is 0 Å². The molecule has 0 bridgehead atoms.